The molecule has 0 radical (unpaired) electrons. The topological polar surface area (TPSA) is 71.5 Å². The Labute approximate surface area is 150 Å². The molecule has 1 unspecified atom stereocenters. The van der Waals surface area contributed by atoms with E-state index < -0.39 is 5.82 Å². The summed E-state index contributed by atoms with van der Waals surface area (Å²) in [5, 5.41) is 2.86. The minimum atomic E-state index is -0.391. The molecule has 1 aliphatic carbocycles. The quantitative estimate of drug-likeness (QED) is 0.895. The zero-order valence-corrected chi connectivity index (χ0v) is 14.0. The molecule has 2 fully saturated rings. The Morgan fingerprint density at radius 3 is 2.77 bits per heavy atom. The molecule has 1 saturated carbocycles. The lowest BCUT2D eigenvalue weighted by molar-refractivity contribution is -0.128. The largest absolute Gasteiger partial charge is 0.456 e. The third-order valence-electron chi connectivity index (χ3n) is 4.48. The number of likely N-dealkylation sites (tertiary alicyclic amines) is 1. The fraction of sp³-hybridized carbons (Fsp3) is 0.316. The van der Waals surface area contributed by atoms with E-state index in [0.29, 0.717) is 30.5 Å². The fourth-order valence-electron chi connectivity index (χ4n) is 3.07. The SMILES string of the molecule is O=C(NC1CC(=O)N(C2CC2)C1)c1ccc(Oc2cccc(F)c2)cn1. The molecule has 1 saturated heterocycles. The van der Waals surface area contributed by atoms with Crippen molar-refractivity contribution in [2.45, 2.75) is 31.3 Å². The van der Waals surface area contributed by atoms with E-state index >= 15 is 0 Å². The predicted octanol–water partition coefficient (Wildman–Crippen LogP) is 2.51. The van der Waals surface area contributed by atoms with Gasteiger partial charge in [0.15, 0.2) is 0 Å². The summed E-state index contributed by atoms with van der Waals surface area (Å²) in [4.78, 5) is 30.2. The van der Waals surface area contributed by atoms with Crippen LogP contribution in [0.25, 0.3) is 0 Å². The van der Waals surface area contributed by atoms with Gasteiger partial charge in [-0.25, -0.2) is 9.37 Å². The second-order valence-electron chi connectivity index (χ2n) is 6.59. The number of hydrogen-bond acceptors (Lipinski definition) is 4. The van der Waals surface area contributed by atoms with Crippen LogP contribution >= 0.6 is 0 Å². The summed E-state index contributed by atoms with van der Waals surface area (Å²) in [7, 11) is 0. The fourth-order valence-corrected chi connectivity index (χ4v) is 3.07. The van der Waals surface area contributed by atoms with Crippen molar-refractivity contribution in [3.63, 3.8) is 0 Å². The Kier molecular flexibility index (Phi) is 4.28. The number of nitrogens with zero attached hydrogens (tertiary/aromatic N) is 2. The molecule has 2 aromatic rings. The normalized spacial score (nSPS) is 19.5. The minimum Gasteiger partial charge on any atom is -0.456 e. The van der Waals surface area contributed by atoms with E-state index in [1.54, 1.807) is 24.3 Å². The maximum absolute atomic E-state index is 13.2. The van der Waals surface area contributed by atoms with Crippen LogP contribution in [-0.2, 0) is 4.79 Å². The van der Waals surface area contributed by atoms with Gasteiger partial charge in [-0.2, -0.15) is 0 Å². The monoisotopic (exact) mass is 355 g/mol. The molecule has 2 amide bonds. The number of carbonyl (C=O) groups is 2. The van der Waals surface area contributed by atoms with E-state index in [2.05, 4.69) is 10.3 Å². The van der Waals surface area contributed by atoms with Crippen LogP contribution in [0.2, 0.25) is 0 Å². The summed E-state index contributed by atoms with van der Waals surface area (Å²) in [6.45, 7) is 0.565. The van der Waals surface area contributed by atoms with E-state index in [9.17, 15) is 14.0 Å². The number of amides is 2. The average molecular weight is 355 g/mol. The van der Waals surface area contributed by atoms with Crippen LogP contribution < -0.4 is 10.1 Å². The van der Waals surface area contributed by atoms with Crippen molar-refractivity contribution >= 4 is 11.8 Å². The van der Waals surface area contributed by atoms with Crippen LogP contribution in [0.15, 0.2) is 42.6 Å². The molecule has 2 aliphatic rings. The van der Waals surface area contributed by atoms with E-state index in [-0.39, 0.29) is 23.6 Å². The van der Waals surface area contributed by atoms with Crippen molar-refractivity contribution in [1.29, 1.82) is 0 Å². The Balaban J connectivity index is 1.36. The maximum Gasteiger partial charge on any atom is 0.270 e. The summed E-state index contributed by atoms with van der Waals surface area (Å²) in [5.74, 6) is 0.150. The van der Waals surface area contributed by atoms with Gasteiger partial charge in [-0.05, 0) is 37.1 Å². The molecule has 2 heterocycles. The number of aromatic nitrogens is 1. The molecule has 134 valence electrons. The highest BCUT2D eigenvalue weighted by atomic mass is 19.1. The van der Waals surface area contributed by atoms with E-state index in [0.717, 1.165) is 12.8 Å². The first-order valence-electron chi connectivity index (χ1n) is 8.58. The van der Waals surface area contributed by atoms with Crippen molar-refractivity contribution in [3.8, 4) is 11.5 Å². The zero-order chi connectivity index (χ0) is 18.1. The highest BCUT2D eigenvalue weighted by Crippen LogP contribution is 2.30. The lowest BCUT2D eigenvalue weighted by atomic mass is 10.2. The standard InChI is InChI=1S/C19H18FN3O3/c20-12-2-1-3-15(8-12)26-16-6-7-17(21-10-16)19(25)22-13-9-18(24)23(11-13)14-4-5-14/h1-3,6-8,10,13-14H,4-5,9,11H2,(H,22,25). The number of hydrogen-bond donors (Lipinski definition) is 1. The Bertz CT molecular complexity index is 836. The first-order valence-corrected chi connectivity index (χ1v) is 8.58. The van der Waals surface area contributed by atoms with Gasteiger partial charge in [-0.1, -0.05) is 6.07 Å². The molecule has 1 atom stereocenters. The molecule has 26 heavy (non-hydrogen) atoms. The molecule has 7 heteroatoms. The molecule has 1 aromatic carbocycles. The minimum absolute atomic E-state index is 0.101. The van der Waals surface area contributed by atoms with Gasteiger partial charge in [0.25, 0.3) is 5.91 Å². The van der Waals surface area contributed by atoms with E-state index in [4.69, 9.17) is 4.74 Å². The van der Waals surface area contributed by atoms with Gasteiger partial charge in [0.2, 0.25) is 5.91 Å². The van der Waals surface area contributed by atoms with E-state index in [1.165, 1.54) is 18.3 Å². The third kappa shape index (κ3) is 3.66. The van der Waals surface area contributed by atoms with Crippen molar-refractivity contribution in [1.82, 2.24) is 15.2 Å². The van der Waals surface area contributed by atoms with Gasteiger partial charge in [0, 0.05) is 25.1 Å². The highest BCUT2D eigenvalue weighted by Gasteiger charge is 2.39. The Morgan fingerprint density at radius 2 is 2.08 bits per heavy atom. The molecule has 1 aromatic heterocycles. The molecule has 0 bridgehead atoms. The summed E-state index contributed by atoms with van der Waals surface area (Å²) in [5.41, 5.74) is 0.244. The smallest absolute Gasteiger partial charge is 0.270 e. The molecule has 1 aliphatic heterocycles. The predicted molar refractivity (Wildman–Crippen MR) is 91.3 cm³/mol. The van der Waals surface area contributed by atoms with Crippen molar-refractivity contribution in [3.05, 3.63) is 54.1 Å². The lowest BCUT2D eigenvalue weighted by Gasteiger charge is -2.16. The van der Waals surface area contributed by atoms with Gasteiger partial charge in [-0.3, -0.25) is 9.59 Å². The van der Waals surface area contributed by atoms with Crippen LogP contribution in [0.3, 0.4) is 0 Å². The number of ether oxygens (including phenoxy) is 1. The first kappa shape index (κ1) is 16.5. The van der Waals surface area contributed by atoms with Crippen molar-refractivity contribution < 1.29 is 18.7 Å². The van der Waals surface area contributed by atoms with Crippen molar-refractivity contribution in [2.24, 2.45) is 0 Å². The molecule has 6 nitrogen and oxygen atoms in total. The maximum atomic E-state index is 13.2. The lowest BCUT2D eigenvalue weighted by Crippen LogP contribution is -2.37. The highest BCUT2D eigenvalue weighted by molar-refractivity contribution is 5.93. The molecule has 4 rings (SSSR count). The number of pyridine rings is 1. The molecule has 1 N–H and O–H groups in total. The van der Waals surface area contributed by atoms with Crippen LogP contribution in [0.1, 0.15) is 29.8 Å². The van der Waals surface area contributed by atoms with E-state index in [1.807, 2.05) is 4.90 Å². The number of halogens is 1. The molecule has 0 spiro atoms. The van der Waals surface area contributed by atoms with Gasteiger partial charge < -0.3 is 15.0 Å². The van der Waals surface area contributed by atoms with Crippen molar-refractivity contribution in [2.75, 3.05) is 6.54 Å². The summed E-state index contributed by atoms with van der Waals surface area (Å²) >= 11 is 0. The number of nitrogens with one attached hydrogen (secondary N) is 1. The van der Waals surface area contributed by atoms with Gasteiger partial charge in [0.05, 0.1) is 12.2 Å². The third-order valence-corrected chi connectivity index (χ3v) is 4.48. The van der Waals surface area contributed by atoms with Gasteiger partial charge in [-0.15, -0.1) is 0 Å². The van der Waals surface area contributed by atoms with Gasteiger partial charge in [0.1, 0.15) is 23.0 Å². The van der Waals surface area contributed by atoms with Crippen LogP contribution in [0.5, 0.6) is 11.5 Å². The number of carbonyl (C=O) groups excluding carboxylic acids is 2. The number of rotatable bonds is 5. The van der Waals surface area contributed by atoms with Crippen LogP contribution in [-0.4, -0.2) is 40.3 Å². The summed E-state index contributed by atoms with van der Waals surface area (Å²) < 4.78 is 18.7. The molecular formula is C19H18FN3O3. The number of benzene rings is 1. The first-order chi connectivity index (χ1) is 12.6. The average Bonchev–Trinajstić information content (AvgIpc) is 3.39. The van der Waals surface area contributed by atoms with Gasteiger partial charge >= 0.3 is 0 Å². The second kappa shape index (κ2) is 6.74. The Hall–Kier alpha value is -2.96. The summed E-state index contributed by atoms with van der Waals surface area (Å²) in [6.07, 6.45) is 3.86. The van der Waals surface area contributed by atoms with Crippen LogP contribution in [0.4, 0.5) is 4.39 Å². The second-order valence-corrected chi connectivity index (χ2v) is 6.59. The summed E-state index contributed by atoms with van der Waals surface area (Å²) in [6, 6.07) is 9.10. The zero-order valence-electron chi connectivity index (χ0n) is 14.0. The molecular weight excluding hydrogens is 337 g/mol. The Morgan fingerprint density at radius 1 is 1.23 bits per heavy atom. The van der Waals surface area contributed by atoms with Crippen LogP contribution in [0, 0.1) is 5.82 Å².